The van der Waals surface area contributed by atoms with Crippen molar-refractivity contribution in [3.63, 3.8) is 0 Å². The van der Waals surface area contributed by atoms with Crippen molar-refractivity contribution >= 4 is 28.4 Å². The molecule has 7 N–H and O–H groups in total. The zero-order chi connectivity index (χ0) is 17.7. The van der Waals surface area contributed by atoms with Crippen LogP contribution in [-0.4, -0.2) is 0 Å². The molecule has 0 spiro atoms. The maximum atomic E-state index is 5.97. The molecule has 2 aliphatic heterocycles. The average Bonchev–Trinajstić information content (AvgIpc) is 3.25. The van der Waals surface area contributed by atoms with Gasteiger partial charge in [-0.3, -0.25) is 0 Å². The highest BCUT2D eigenvalue weighted by molar-refractivity contribution is 5.78. The number of nitrogens with two attached hydrogens (primary N) is 2. The van der Waals surface area contributed by atoms with Crippen molar-refractivity contribution in [3.8, 4) is 5.75 Å². The summed E-state index contributed by atoms with van der Waals surface area (Å²) in [5, 5.41) is 10.3. The van der Waals surface area contributed by atoms with Crippen LogP contribution in [0.5, 0.6) is 5.75 Å². The lowest BCUT2D eigenvalue weighted by Gasteiger charge is -2.16. The summed E-state index contributed by atoms with van der Waals surface area (Å²) in [6.07, 6.45) is -0.183. The van der Waals surface area contributed by atoms with E-state index in [-0.39, 0.29) is 12.4 Å². The summed E-state index contributed by atoms with van der Waals surface area (Å²) in [6.45, 7) is 0. The second-order valence-electron chi connectivity index (χ2n) is 6.59. The van der Waals surface area contributed by atoms with Crippen LogP contribution in [0.1, 0.15) is 23.5 Å². The van der Waals surface area contributed by atoms with Crippen LogP contribution in [0, 0.1) is 0 Å². The number of nitrogens with one attached hydrogen (secondary N) is 3. The van der Waals surface area contributed by atoms with Crippen molar-refractivity contribution in [2.24, 2.45) is 0 Å². The van der Waals surface area contributed by atoms with Gasteiger partial charge in [0.05, 0.1) is 17.1 Å². The predicted octanol–water partition coefficient (Wildman–Crippen LogP) is 3.89. The first-order chi connectivity index (χ1) is 12.7. The normalized spacial score (nSPS) is 19.5. The molecule has 6 heteroatoms. The second kappa shape index (κ2) is 5.49. The molecule has 2 aliphatic rings. The van der Waals surface area contributed by atoms with Gasteiger partial charge in [0.2, 0.25) is 0 Å². The first-order valence-electron chi connectivity index (χ1n) is 8.51. The van der Waals surface area contributed by atoms with Crippen LogP contribution in [0.3, 0.4) is 0 Å². The molecular formula is C20H19N5O. The zero-order valence-corrected chi connectivity index (χ0v) is 14.0. The third-order valence-electron chi connectivity index (χ3n) is 4.75. The molecule has 26 heavy (non-hydrogen) atoms. The number of fused-ring (bicyclic) bond motifs is 2. The van der Waals surface area contributed by atoms with Crippen molar-refractivity contribution < 1.29 is 4.74 Å². The number of ether oxygens (including phenoxy) is 1. The second-order valence-corrected chi connectivity index (χ2v) is 6.59. The molecule has 6 nitrogen and oxygen atoms in total. The largest absolute Gasteiger partial charge is 0.464 e. The van der Waals surface area contributed by atoms with Crippen LogP contribution in [0.4, 0.5) is 28.4 Å². The van der Waals surface area contributed by atoms with Gasteiger partial charge in [-0.2, -0.15) is 0 Å². The van der Waals surface area contributed by atoms with Crippen LogP contribution in [0.2, 0.25) is 0 Å². The summed E-state index contributed by atoms with van der Waals surface area (Å²) >= 11 is 0. The fraction of sp³-hybridized carbons (Fsp3) is 0.100. The van der Waals surface area contributed by atoms with Crippen molar-refractivity contribution in [1.29, 1.82) is 0 Å². The summed E-state index contributed by atoms with van der Waals surface area (Å²) in [5.74, 6) is 0.820. The Hall–Kier alpha value is -3.54. The van der Waals surface area contributed by atoms with E-state index >= 15 is 0 Å². The SMILES string of the molecule is Nc1ccc2c(c1)NC(c1ccc(C3Nc4cc(N)ccc4O3)cc1)N2. The van der Waals surface area contributed by atoms with E-state index in [1.807, 2.05) is 36.4 Å². The summed E-state index contributed by atoms with van der Waals surface area (Å²) in [6, 6.07) is 19.8. The third kappa shape index (κ3) is 2.43. The van der Waals surface area contributed by atoms with Gasteiger partial charge in [0, 0.05) is 16.9 Å². The lowest BCUT2D eigenvalue weighted by molar-refractivity contribution is 0.260. The van der Waals surface area contributed by atoms with Gasteiger partial charge in [-0.05, 0) is 42.0 Å². The predicted molar refractivity (Wildman–Crippen MR) is 105 cm³/mol. The lowest BCUT2D eigenvalue weighted by Crippen LogP contribution is -2.13. The van der Waals surface area contributed by atoms with E-state index in [0.29, 0.717) is 0 Å². The fourth-order valence-electron chi connectivity index (χ4n) is 3.40. The highest BCUT2D eigenvalue weighted by Crippen LogP contribution is 2.40. The Morgan fingerprint density at radius 3 is 2.12 bits per heavy atom. The molecular weight excluding hydrogens is 326 g/mol. The molecule has 0 aromatic heterocycles. The quantitative estimate of drug-likeness (QED) is 0.452. The Bertz CT molecular complexity index is 905. The smallest absolute Gasteiger partial charge is 0.196 e. The number of anilines is 5. The average molecular weight is 345 g/mol. The molecule has 130 valence electrons. The van der Waals surface area contributed by atoms with Gasteiger partial charge in [-0.25, -0.2) is 0 Å². The van der Waals surface area contributed by atoms with Gasteiger partial charge in [-0.15, -0.1) is 0 Å². The lowest BCUT2D eigenvalue weighted by atomic mass is 10.1. The molecule has 0 fully saturated rings. The third-order valence-corrected chi connectivity index (χ3v) is 4.75. The maximum Gasteiger partial charge on any atom is 0.196 e. The molecule has 0 saturated heterocycles. The number of benzene rings is 3. The van der Waals surface area contributed by atoms with E-state index in [9.17, 15) is 0 Å². The highest BCUT2D eigenvalue weighted by Gasteiger charge is 2.25. The van der Waals surface area contributed by atoms with Gasteiger partial charge >= 0.3 is 0 Å². The number of nitrogen functional groups attached to an aromatic ring is 2. The summed E-state index contributed by atoms with van der Waals surface area (Å²) in [4.78, 5) is 0. The summed E-state index contributed by atoms with van der Waals surface area (Å²) in [7, 11) is 0. The minimum Gasteiger partial charge on any atom is -0.464 e. The molecule has 0 bridgehead atoms. The van der Waals surface area contributed by atoms with Crippen LogP contribution >= 0.6 is 0 Å². The minimum absolute atomic E-state index is 0.0234. The van der Waals surface area contributed by atoms with Gasteiger partial charge in [0.25, 0.3) is 0 Å². The van der Waals surface area contributed by atoms with Crippen LogP contribution in [0.25, 0.3) is 0 Å². The number of rotatable bonds is 2. The van der Waals surface area contributed by atoms with E-state index in [4.69, 9.17) is 16.2 Å². The van der Waals surface area contributed by atoms with E-state index in [1.54, 1.807) is 0 Å². The molecule has 3 aromatic rings. The summed E-state index contributed by atoms with van der Waals surface area (Å²) < 4.78 is 5.97. The first-order valence-corrected chi connectivity index (χ1v) is 8.51. The molecule has 2 unspecified atom stereocenters. The fourth-order valence-corrected chi connectivity index (χ4v) is 3.40. The Labute approximate surface area is 151 Å². The van der Waals surface area contributed by atoms with Gasteiger partial charge in [0.15, 0.2) is 6.23 Å². The monoisotopic (exact) mass is 345 g/mol. The van der Waals surface area contributed by atoms with Crippen molar-refractivity contribution in [3.05, 3.63) is 71.8 Å². The highest BCUT2D eigenvalue weighted by atomic mass is 16.5. The summed E-state index contributed by atoms with van der Waals surface area (Å²) in [5.41, 5.74) is 18.4. The van der Waals surface area contributed by atoms with E-state index < -0.39 is 0 Å². The van der Waals surface area contributed by atoms with Gasteiger partial charge in [0.1, 0.15) is 11.9 Å². The molecule has 0 saturated carbocycles. The zero-order valence-electron chi connectivity index (χ0n) is 14.0. The Morgan fingerprint density at radius 2 is 1.31 bits per heavy atom. The standard InChI is InChI=1S/C20H19N5O/c21-13-5-7-15-16(9-13)24-19(23-15)11-1-3-12(4-2-11)20-25-17-10-14(22)6-8-18(17)26-20/h1-10,19-20,23-25H,21-22H2. The van der Waals surface area contributed by atoms with E-state index in [2.05, 4.69) is 40.2 Å². The molecule has 0 radical (unpaired) electrons. The first kappa shape index (κ1) is 14.8. The van der Waals surface area contributed by atoms with Crippen molar-refractivity contribution in [2.75, 3.05) is 27.4 Å². The van der Waals surface area contributed by atoms with Crippen molar-refractivity contribution in [2.45, 2.75) is 12.4 Å². The van der Waals surface area contributed by atoms with Crippen LogP contribution in [-0.2, 0) is 0 Å². The minimum atomic E-state index is -0.206. The number of hydrogen-bond acceptors (Lipinski definition) is 6. The van der Waals surface area contributed by atoms with E-state index in [1.165, 1.54) is 0 Å². The Morgan fingerprint density at radius 1 is 0.654 bits per heavy atom. The molecule has 3 aromatic carbocycles. The van der Waals surface area contributed by atoms with E-state index in [0.717, 1.165) is 45.3 Å². The number of hydrogen-bond donors (Lipinski definition) is 5. The maximum absolute atomic E-state index is 5.97. The molecule has 0 amide bonds. The Balaban J connectivity index is 1.33. The van der Waals surface area contributed by atoms with Gasteiger partial charge < -0.3 is 32.2 Å². The van der Waals surface area contributed by atoms with Crippen molar-refractivity contribution in [1.82, 2.24) is 0 Å². The topological polar surface area (TPSA) is 97.4 Å². The van der Waals surface area contributed by atoms with Crippen LogP contribution in [0.15, 0.2) is 60.7 Å². The Kier molecular flexibility index (Phi) is 3.12. The molecule has 5 rings (SSSR count). The van der Waals surface area contributed by atoms with Crippen LogP contribution < -0.4 is 32.2 Å². The molecule has 0 aliphatic carbocycles. The molecule has 2 heterocycles. The molecule has 2 atom stereocenters. The van der Waals surface area contributed by atoms with Gasteiger partial charge in [-0.1, -0.05) is 24.3 Å².